The van der Waals surface area contributed by atoms with Crippen LogP contribution < -0.4 is 16.2 Å². The van der Waals surface area contributed by atoms with Gasteiger partial charge in [-0.2, -0.15) is 5.10 Å². The fourth-order valence-electron chi connectivity index (χ4n) is 4.66. The Morgan fingerprint density at radius 3 is 2.83 bits per heavy atom. The molecule has 3 heterocycles. The second-order valence-electron chi connectivity index (χ2n) is 8.94. The summed E-state index contributed by atoms with van der Waals surface area (Å²) >= 11 is 0. The summed E-state index contributed by atoms with van der Waals surface area (Å²) < 4.78 is 16.3. The van der Waals surface area contributed by atoms with Crippen LogP contribution in [-0.4, -0.2) is 39.9 Å². The quantitative estimate of drug-likeness (QED) is 0.760. The molecule has 0 bridgehead atoms. The number of aromatic nitrogens is 2. The zero-order valence-corrected chi connectivity index (χ0v) is 18.1. The zero-order chi connectivity index (χ0) is 21.3. The van der Waals surface area contributed by atoms with Gasteiger partial charge in [-0.25, -0.2) is 9.07 Å². The molecule has 1 aromatic carbocycles. The molecule has 0 saturated carbocycles. The molecule has 162 valence electrons. The molecule has 0 aliphatic carbocycles. The van der Waals surface area contributed by atoms with Crippen molar-refractivity contribution in [3.05, 3.63) is 63.1 Å². The van der Waals surface area contributed by atoms with E-state index in [0.29, 0.717) is 18.6 Å². The summed E-state index contributed by atoms with van der Waals surface area (Å²) in [6, 6.07) is 10.6. The molecule has 1 aromatic heterocycles. The Labute approximate surface area is 177 Å². The van der Waals surface area contributed by atoms with Gasteiger partial charge in [-0.05, 0) is 56.0 Å². The first kappa shape index (κ1) is 21.2. The van der Waals surface area contributed by atoms with Crippen LogP contribution in [0.3, 0.4) is 0 Å². The van der Waals surface area contributed by atoms with Gasteiger partial charge in [0, 0.05) is 51.4 Å². The largest absolute Gasteiger partial charge is 0.313 e. The van der Waals surface area contributed by atoms with Crippen molar-refractivity contribution in [1.82, 2.24) is 25.3 Å². The van der Waals surface area contributed by atoms with Crippen LogP contribution in [0.2, 0.25) is 0 Å². The highest BCUT2D eigenvalue weighted by Crippen LogP contribution is 2.29. The van der Waals surface area contributed by atoms with Gasteiger partial charge in [-0.1, -0.05) is 18.2 Å². The van der Waals surface area contributed by atoms with E-state index in [1.165, 1.54) is 54.8 Å². The van der Waals surface area contributed by atoms with Crippen LogP contribution in [0, 0.1) is 0 Å². The summed E-state index contributed by atoms with van der Waals surface area (Å²) in [6.07, 6.45) is 2.49. The lowest BCUT2D eigenvalue weighted by molar-refractivity contribution is 0.133. The molecule has 7 heteroatoms. The van der Waals surface area contributed by atoms with Gasteiger partial charge in [0.05, 0.1) is 5.69 Å². The molecular formula is C23H32FN5O. The number of benzene rings is 1. The van der Waals surface area contributed by atoms with E-state index in [1.54, 1.807) is 0 Å². The molecule has 2 N–H and O–H groups in total. The number of fused-ring (bicyclic) bond motifs is 1. The molecule has 1 saturated heterocycles. The van der Waals surface area contributed by atoms with E-state index >= 15 is 4.39 Å². The smallest absolute Gasteiger partial charge is 0.266 e. The SMILES string of the molecule is CC1NCCCC1N1Cc2ccc(CNCC(C)(F)c3ccc(=O)n(C)n3)cc2C1. The first-order valence-electron chi connectivity index (χ1n) is 10.9. The second-order valence-corrected chi connectivity index (χ2v) is 8.94. The van der Waals surface area contributed by atoms with Crippen LogP contribution in [0.4, 0.5) is 4.39 Å². The van der Waals surface area contributed by atoms with Crippen molar-refractivity contribution in [2.45, 2.75) is 64.1 Å². The van der Waals surface area contributed by atoms with E-state index < -0.39 is 5.67 Å². The van der Waals surface area contributed by atoms with Gasteiger partial charge in [-0.3, -0.25) is 9.69 Å². The maximum Gasteiger partial charge on any atom is 0.266 e. The summed E-state index contributed by atoms with van der Waals surface area (Å²) in [4.78, 5) is 14.1. The number of nitrogens with one attached hydrogen (secondary N) is 2. The van der Waals surface area contributed by atoms with E-state index in [4.69, 9.17) is 0 Å². The van der Waals surface area contributed by atoms with E-state index in [-0.39, 0.29) is 17.8 Å². The zero-order valence-electron chi connectivity index (χ0n) is 18.1. The van der Waals surface area contributed by atoms with Crippen LogP contribution in [-0.2, 0) is 32.4 Å². The third-order valence-electron chi connectivity index (χ3n) is 6.49. The lowest BCUT2D eigenvalue weighted by Gasteiger charge is -2.36. The number of hydrogen-bond donors (Lipinski definition) is 2. The molecule has 2 aliphatic rings. The summed E-state index contributed by atoms with van der Waals surface area (Å²) in [5, 5.41) is 10.9. The van der Waals surface area contributed by atoms with E-state index in [2.05, 4.69) is 45.8 Å². The molecule has 3 atom stereocenters. The summed E-state index contributed by atoms with van der Waals surface area (Å²) in [5.41, 5.74) is 2.32. The number of piperidine rings is 1. The fourth-order valence-corrected chi connectivity index (χ4v) is 4.66. The number of rotatable bonds is 6. The van der Waals surface area contributed by atoms with Gasteiger partial charge in [-0.15, -0.1) is 0 Å². The predicted molar refractivity (Wildman–Crippen MR) is 116 cm³/mol. The average molecular weight is 414 g/mol. The van der Waals surface area contributed by atoms with Crippen molar-refractivity contribution in [2.24, 2.45) is 7.05 Å². The summed E-state index contributed by atoms with van der Waals surface area (Å²) in [5.74, 6) is 0. The summed E-state index contributed by atoms with van der Waals surface area (Å²) in [6.45, 7) is 7.63. The van der Waals surface area contributed by atoms with Gasteiger partial charge in [0.25, 0.3) is 5.56 Å². The van der Waals surface area contributed by atoms with Crippen LogP contribution in [0.1, 0.15) is 49.1 Å². The topological polar surface area (TPSA) is 62.2 Å². The maximum absolute atomic E-state index is 15.1. The number of nitrogens with zero attached hydrogens (tertiary/aromatic N) is 3. The Balaban J connectivity index is 1.35. The molecule has 3 unspecified atom stereocenters. The lowest BCUT2D eigenvalue weighted by atomic mass is 9.98. The van der Waals surface area contributed by atoms with Crippen LogP contribution in [0.5, 0.6) is 0 Å². The highest BCUT2D eigenvalue weighted by atomic mass is 19.1. The van der Waals surface area contributed by atoms with Gasteiger partial charge in [0.2, 0.25) is 0 Å². The standard InChI is InChI=1S/C23H32FN5O/c1-16-20(5-4-10-26-16)29-13-18-7-6-17(11-19(18)14-29)12-25-15-23(2,24)21-8-9-22(30)28(3)27-21/h6-9,11,16,20,25-26H,4-5,10,12-15H2,1-3H3. The van der Waals surface area contributed by atoms with E-state index in [0.717, 1.165) is 25.2 Å². The van der Waals surface area contributed by atoms with Crippen molar-refractivity contribution in [3.8, 4) is 0 Å². The van der Waals surface area contributed by atoms with E-state index in [1.807, 2.05) is 0 Å². The molecular weight excluding hydrogens is 381 g/mol. The molecule has 1 fully saturated rings. The minimum absolute atomic E-state index is 0.132. The van der Waals surface area contributed by atoms with Crippen molar-refractivity contribution in [1.29, 1.82) is 0 Å². The second kappa shape index (κ2) is 8.57. The molecule has 4 rings (SSSR count). The minimum atomic E-state index is -1.65. The van der Waals surface area contributed by atoms with Crippen molar-refractivity contribution < 1.29 is 4.39 Å². The van der Waals surface area contributed by atoms with Gasteiger partial charge >= 0.3 is 0 Å². The van der Waals surface area contributed by atoms with Crippen LogP contribution in [0.15, 0.2) is 35.1 Å². The highest BCUT2D eigenvalue weighted by molar-refractivity contribution is 5.35. The Morgan fingerprint density at radius 1 is 1.27 bits per heavy atom. The maximum atomic E-state index is 15.1. The monoisotopic (exact) mass is 413 g/mol. The summed E-state index contributed by atoms with van der Waals surface area (Å²) in [7, 11) is 1.54. The highest BCUT2D eigenvalue weighted by Gasteiger charge is 2.31. The molecule has 2 aliphatic heterocycles. The molecule has 0 spiro atoms. The predicted octanol–water partition coefficient (Wildman–Crippen LogP) is 2.21. The number of hydrogen-bond acceptors (Lipinski definition) is 5. The van der Waals surface area contributed by atoms with Gasteiger partial charge < -0.3 is 10.6 Å². The molecule has 0 radical (unpaired) electrons. The Hall–Kier alpha value is -2.09. The lowest BCUT2D eigenvalue weighted by Crippen LogP contribution is -2.50. The van der Waals surface area contributed by atoms with E-state index in [9.17, 15) is 4.79 Å². The van der Waals surface area contributed by atoms with Crippen LogP contribution >= 0.6 is 0 Å². The minimum Gasteiger partial charge on any atom is -0.313 e. The Morgan fingerprint density at radius 2 is 2.07 bits per heavy atom. The Bertz CT molecular complexity index is 957. The first-order chi connectivity index (χ1) is 14.3. The van der Waals surface area contributed by atoms with Gasteiger partial charge in [0.1, 0.15) is 0 Å². The van der Waals surface area contributed by atoms with Crippen LogP contribution in [0.25, 0.3) is 0 Å². The Kier molecular flexibility index (Phi) is 6.04. The average Bonchev–Trinajstić information content (AvgIpc) is 3.13. The fraction of sp³-hybridized carbons (Fsp3) is 0.565. The third-order valence-corrected chi connectivity index (χ3v) is 6.49. The van der Waals surface area contributed by atoms with Gasteiger partial charge in [0.15, 0.2) is 5.67 Å². The van der Waals surface area contributed by atoms with Crippen molar-refractivity contribution in [2.75, 3.05) is 13.1 Å². The van der Waals surface area contributed by atoms with Crippen molar-refractivity contribution >= 4 is 0 Å². The normalized spacial score (nSPS) is 23.9. The molecule has 6 nitrogen and oxygen atoms in total. The first-order valence-corrected chi connectivity index (χ1v) is 10.9. The van der Waals surface area contributed by atoms with Crippen molar-refractivity contribution in [3.63, 3.8) is 0 Å². The molecule has 30 heavy (non-hydrogen) atoms. The molecule has 0 amide bonds. The number of aryl methyl sites for hydroxylation is 1. The molecule has 2 aromatic rings. The number of halogens is 1. The number of alkyl halides is 1. The third kappa shape index (κ3) is 4.48.